The smallest absolute Gasteiger partial charge is 0.292 e. The van der Waals surface area contributed by atoms with E-state index in [4.69, 9.17) is 0 Å². The van der Waals surface area contributed by atoms with Gasteiger partial charge in [-0.15, -0.1) is 0 Å². The molecule has 0 aliphatic rings. The summed E-state index contributed by atoms with van der Waals surface area (Å²) in [5.74, 6) is -0.245. The molecule has 4 nitrogen and oxygen atoms in total. The van der Waals surface area contributed by atoms with Crippen molar-refractivity contribution in [3.63, 3.8) is 0 Å². The summed E-state index contributed by atoms with van der Waals surface area (Å²) < 4.78 is 0. The Morgan fingerprint density at radius 3 is 2.20 bits per heavy atom. The number of ketones is 1. The van der Waals surface area contributed by atoms with Crippen molar-refractivity contribution < 1.29 is 9.72 Å². The van der Waals surface area contributed by atoms with Gasteiger partial charge in [0.2, 0.25) is 5.78 Å². The van der Waals surface area contributed by atoms with Gasteiger partial charge in [0.15, 0.2) is 0 Å². The summed E-state index contributed by atoms with van der Waals surface area (Å²) in [7, 11) is 0. The zero-order valence-corrected chi connectivity index (χ0v) is 14.0. The monoisotopic (exact) mass is 339 g/mol. The van der Waals surface area contributed by atoms with Crippen molar-refractivity contribution in [2.24, 2.45) is 0 Å². The molecule has 0 heterocycles. The van der Waals surface area contributed by atoms with Gasteiger partial charge in [-0.2, -0.15) is 0 Å². The van der Waals surface area contributed by atoms with Crippen molar-refractivity contribution in [3.8, 4) is 0 Å². The first-order chi connectivity index (χ1) is 6.66. The van der Waals surface area contributed by atoms with Gasteiger partial charge in [0.1, 0.15) is 0 Å². The molecular formula is C10H19BaNO3+2. The third kappa shape index (κ3) is 14.6. The quantitative estimate of drug-likeness (QED) is 0.280. The summed E-state index contributed by atoms with van der Waals surface area (Å²) in [5, 5.41) is 9.97. The van der Waals surface area contributed by atoms with E-state index in [0.717, 1.165) is 19.3 Å². The average molecular weight is 339 g/mol. The SMILES string of the molecule is CCCCCCCCC(=O)C[N+](=O)[O-].[Ba+2]. The van der Waals surface area contributed by atoms with Crippen LogP contribution in [0.15, 0.2) is 0 Å². The molecule has 0 spiro atoms. The van der Waals surface area contributed by atoms with Crippen LogP contribution in [-0.4, -0.2) is 66.1 Å². The van der Waals surface area contributed by atoms with Crippen LogP contribution in [0.5, 0.6) is 0 Å². The fourth-order valence-electron chi connectivity index (χ4n) is 1.33. The number of hydrogen-bond donors (Lipinski definition) is 0. The molecule has 0 rings (SSSR count). The van der Waals surface area contributed by atoms with Crippen LogP contribution in [0.2, 0.25) is 0 Å². The normalized spacial score (nSPS) is 9.40. The second kappa shape index (κ2) is 12.7. The first-order valence-electron chi connectivity index (χ1n) is 5.30. The maximum atomic E-state index is 10.9. The second-order valence-electron chi connectivity index (χ2n) is 3.55. The summed E-state index contributed by atoms with van der Waals surface area (Å²) in [4.78, 5) is 20.3. The number of carbonyl (C=O) groups is 1. The first-order valence-corrected chi connectivity index (χ1v) is 5.30. The summed E-state index contributed by atoms with van der Waals surface area (Å²) in [6.45, 7) is 1.65. The molecule has 15 heavy (non-hydrogen) atoms. The van der Waals surface area contributed by atoms with E-state index in [2.05, 4.69) is 6.92 Å². The van der Waals surface area contributed by atoms with Crippen molar-refractivity contribution in [2.45, 2.75) is 51.9 Å². The summed E-state index contributed by atoms with van der Waals surface area (Å²) >= 11 is 0. The first kappa shape index (κ1) is 18.0. The Bertz CT molecular complexity index is 186. The molecule has 5 heteroatoms. The fraction of sp³-hybridized carbons (Fsp3) is 0.900. The van der Waals surface area contributed by atoms with Gasteiger partial charge in [-0.3, -0.25) is 14.9 Å². The predicted molar refractivity (Wildman–Crippen MR) is 60.6 cm³/mol. The van der Waals surface area contributed by atoms with Crippen molar-refractivity contribution in [1.82, 2.24) is 0 Å². The average Bonchev–Trinajstić information content (AvgIpc) is 2.10. The minimum atomic E-state index is -0.556. The van der Waals surface area contributed by atoms with Crippen LogP contribution in [-0.2, 0) is 4.79 Å². The predicted octanol–water partition coefficient (Wildman–Crippen LogP) is 2.20. The van der Waals surface area contributed by atoms with Crippen LogP contribution < -0.4 is 0 Å². The summed E-state index contributed by atoms with van der Waals surface area (Å²) in [6, 6.07) is 0. The molecule has 0 unspecified atom stereocenters. The van der Waals surface area contributed by atoms with Gasteiger partial charge in [-0.05, 0) is 6.42 Å². The van der Waals surface area contributed by atoms with E-state index >= 15 is 0 Å². The second-order valence-corrected chi connectivity index (χ2v) is 3.55. The van der Waals surface area contributed by atoms with Crippen LogP contribution in [0.1, 0.15) is 51.9 Å². The largest absolute Gasteiger partial charge is 2.00 e. The molecule has 0 aromatic rings. The fourth-order valence-corrected chi connectivity index (χ4v) is 1.33. The molecule has 0 bridgehead atoms. The van der Waals surface area contributed by atoms with E-state index in [-0.39, 0.29) is 54.7 Å². The maximum Gasteiger partial charge on any atom is 2.00 e. The molecule has 0 saturated heterocycles. The summed E-state index contributed by atoms with van der Waals surface area (Å²) in [6.07, 6.45) is 6.98. The zero-order chi connectivity index (χ0) is 10.8. The standard InChI is InChI=1S/C10H19NO3.Ba/c1-2-3-4-5-6-7-8-10(12)9-11(13)14;/h2-9H2,1H3;/q;+2. The maximum absolute atomic E-state index is 10.9. The molecule has 0 amide bonds. The Morgan fingerprint density at radius 2 is 1.67 bits per heavy atom. The zero-order valence-electron chi connectivity index (χ0n) is 9.54. The number of unbranched alkanes of at least 4 members (excludes halogenated alkanes) is 5. The minimum absolute atomic E-state index is 0. The van der Waals surface area contributed by atoms with Gasteiger partial charge in [0.05, 0.1) is 0 Å². The molecule has 0 N–H and O–H groups in total. The van der Waals surface area contributed by atoms with Gasteiger partial charge >= 0.3 is 48.9 Å². The molecule has 0 aromatic carbocycles. The van der Waals surface area contributed by atoms with Crippen molar-refractivity contribution in [1.29, 1.82) is 0 Å². The van der Waals surface area contributed by atoms with E-state index < -0.39 is 11.5 Å². The van der Waals surface area contributed by atoms with Gasteiger partial charge in [-0.1, -0.05) is 39.0 Å². The van der Waals surface area contributed by atoms with Gasteiger partial charge < -0.3 is 0 Å². The number of Topliss-reactive ketones (excluding diaryl/α,β-unsaturated/α-hetero) is 1. The molecule has 0 aromatic heterocycles. The van der Waals surface area contributed by atoms with Crippen LogP contribution in [0.4, 0.5) is 0 Å². The topological polar surface area (TPSA) is 60.2 Å². The Kier molecular flexibility index (Phi) is 15.3. The Labute approximate surface area is 131 Å². The van der Waals surface area contributed by atoms with E-state index in [1.165, 1.54) is 19.3 Å². The number of nitrogens with zero attached hydrogens (tertiary/aromatic N) is 1. The molecule has 0 radical (unpaired) electrons. The molecule has 0 saturated carbocycles. The minimum Gasteiger partial charge on any atom is -0.292 e. The third-order valence-corrected chi connectivity index (χ3v) is 2.11. The van der Waals surface area contributed by atoms with E-state index in [1.807, 2.05) is 0 Å². The number of carbonyl (C=O) groups excluding carboxylic acids is 1. The van der Waals surface area contributed by atoms with Crippen LogP contribution in [0, 0.1) is 10.1 Å². The molecule has 0 aliphatic carbocycles. The van der Waals surface area contributed by atoms with E-state index in [9.17, 15) is 14.9 Å². The molecule has 82 valence electrons. The summed E-state index contributed by atoms with van der Waals surface area (Å²) in [5.41, 5.74) is 0. The Morgan fingerprint density at radius 1 is 1.13 bits per heavy atom. The van der Waals surface area contributed by atoms with Crippen molar-refractivity contribution >= 4 is 54.7 Å². The molecule has 0 atom stereocenters. The number of rotatable bonds is 9. The third-order valence-electron chi connectivity index (χ3n) is 2.11. The molecular weight excluding hydrogens is 319 g/mol. The molecule has 0 aliphatic heterocycles. The van der Waals surface area contributed by atoms with Crippen LogP contribution in [0.3, 0.4) is 0 Å². The van der Waals surface area contributed by atoms with Crippen LogP contribution in [0.25, 0.3) is 0 Å². The van der Waals surface area contributed by atoms with Gasteiger partial charge in [-0.25, -0.2) is 0 Å². The van der Waals surface area contributed by atoms with Crippen molar-refractivity contribution in [3.05, 3.63) is 10.1 Å². The van der Waals surface area contributed by atoms with Crippen molar-refractivity contribution in [2.75, 3.05) is 6.54 Å². The van der Waals surface area contributed by atoms with E-state index in [0.29, 0.717) is 6.42 Å². The van der Waals surface area contributed by atoms with E-state index in [1.54, 1.807) is 0 Å². The van der Waals surface area contributed by atoms with Gasteiger partial charge in [0, 0.05) is 11.3 Å². The van der Waals surface area contributed by atoms with Gasteiger partial charge in [0.25, 0.3) is 6.54 Å². The Balaban J connectivity index is 0. The molecule has 0 fully saturated rings. The Hall–Kier alpha value is 0.641. The number of nitro groups is 1. The number of hydrogen-bond acceptors (Lipinski definition) is 3. The van der Waals surface area contributed by atoms with Crippen LogP contribution >= 0.6 is 0 Å².